The van der Waals surface area contributed by atoms with Gasteiger partial charge in [-0.25, -0.2) is 4.79 Å². The fourth-order valence-corrected chi connectivity index (χ4v) is 0.920. The van der Waals surface area contributed by atoms with Crippen molar-refractivity contribution in [1.82, 2.24) is 5.06 Å². The van der Waals surface area contributed by atoms with Crippen molar-refractivity contribution in [3.8, 4) is 0 Å². The highest BCUT2D eigenvalue weighted by molar-refractivity contribution is 5.89. The first-order valence-corrected chi connectivity index (χ1v) is 5.09. The molecule has 0 fully saturated rings. The zero-order valence-corrected chi connectivity index (χ0v) is 9.67. The lowest BCUT2D eigenvalue weighted by molar-refractivity contribution is -0.201. The molecule has 0 heterocycles. The maximum atomic E-state index is 11.3. The normalized spacial score (nSPS) is 12.1. The maximum Gasteiger partial charge on any atom is 0.333 e. The molecule has 0 bridgehead atoms. The third kappa shape index (κ3) is 4.88. The first-order valence-electron chi connectivity index (χ1n) is 5.09. The summed E-state index contributed by atoms with van der Waals surface area (Å²) >= 11 is 0. The number of hydrogen-bond donors (Lipinski definition) is 1. The summed E-state index contributed by atoms with van der Waals surface area (Å²) in [6, 6.07) is 0. The van der Waals surface area contributed by atoms with Crippen molar-refractivity contribution < 1.29 is 24.3 Å². The molecule has 0 aliphatic rings. The van der Waals surface area contributed by atoms with E-state index < -0.39 is 18.0 Å². The number of hydrogen-bond acceptors (Lipinski definition) is 5. The number of hydroxylamine groups is 2. The summed E-state index contributed by atoms with van der Waals surface area (Å²) in [5, 5.41) is 9.42. The fraction of sp³-hybridized carbons (Fsp3) is 0.700. The van der Waals surface area contributed by atoms with Crippen LogP contribution in [0.2, 0.25) is 0 Å². The van der Waals surface area contributed by atoms with Crippen LogP contribution in [0.3, 0.4) is 0 Å². The molecule has 1 unspecified atom stereocenters. The number of rotatable bonds is 5. The van der Waals surface area contributed by atoms with Gasteiger partial charge in [0.05, 0.1) is 6.42 Å². The van der Waals surface area contributed by atoms with Crippen LogP contribution in [0.1, 0.15) is 33.6 Å². The Kier molecular flexibility index (Phi) is 6.32. The Morgan fingerprint density at radius 2 is 2.00 bits per heavy atom. The minimum absolute atomic E-state index is 0.0622. The van der Waals surface area contributed by atoms with E-state index in [1.54, 1.807) is 20.8 Å². The lowest BCUT2D eigenvalue weighted by Gasteiger charge is -2.17. The Labute approximate surface area is 94.1 Å². The van der Waals surface area contributed by atoms with Gasteiger partial charge in [0.25, 0.3) is 12.3 Å². The summed E-state index contributed by atoms with van der Waals surface area (Å²) in [4.78, 5) is 37.5. The zero-order chi connectivity index (χ0) is 12.7. The molecule has 1 N–H and O–H groups in total. The molecule has 92 valence electrons. The highest BCUT2D eigenvalue weighted by atomic mass is 16.7. The zero-order valence-electron chi connectivity index (χ0n) is 9.67. The van der Waals surface area contributed by atoms with E-state index in [1.165, 1.54) is 0 Å². The van der Waals surface area contributed by atoms with Crippen LogP contribution in [0.25, 0.3) is 0 Å². The molecule has 0 radical (unpaired) electrons. The van der Waals surface area contributed by atoms with E-state index in [0.717, 1.165) is 0 Å². The summed E-state index contributed by atoms with van der Waals surface area (Å²) in [5.41, 5.74) is 0. The molecule has 6 nitrogen and oxygen atoms in total. The average Bonchev–Trinajstić information content (AvgIpc) is 2.22. The van der Waals surface area contributed by atoms with Gasteiger partial charge in [0.15, 0.2) is 0 Å². The van der Waals surface area contributed by atoms with E-state index in [4.69, 9.17) is 0 Å². The predicted octanol–water partition coefficient (Wildman–Crippen LogP) is 0.247. The monoisotopic (exact) mass is 231 g/mol. The Balaban J connectivity index is 4.35. The molecule has 2 amide bonds. The van der Waals surface area contributed by atoms with Gasteiger partial charge < -0.3 is 9.94 Å². The summed E-state index contributed by atoms with van der Waals surface area (Å²) in [6.07, 6.45) is -1.03. The number of nitrogens with zero attached hydrogens (tertiary/aromatic N) is 1. The van der Waals surface area contributed by atoms with Crippen LogP contribution in [-0.4, -0.2) is 34.6 Å². The number of amides is 2. The topological polar surface area (TPSA) is 83.9 Å². The van der Waals surface area contributed by atoms with Crippen molar-refractivity contribution in [1.29, 1.82) is 0 Å². The average molecular weight is 231 g/mol. The first-order chi connectivity index (χ1) is 7.42. The molecule has 0 spiro atoms. The van der Waals surface area contributed by atoms with Crippen LogP contribution in [0, 0.1) is 5.92 Å². The van der Waals surface area contributed by atoms with Gasteiger partial charge >= 0.3 is 5.97 Å². The van der Waals surface area contributed by atoms with Crippen LogP contribution in [0.4, 0.5) is 0 Å². The number of aliphatic hydroxyl groups excluding tert-OH is 1. The molecule has 0 aromatic carbocycles. The fourth-order valence-electron chi connectivity index (χ4n) is 0.920. The van der Waals surface area contributed by atoms with Gasteiger partial charge in [-0.05, 0) is 12.3 Å². The van der Waals surface area contributed by atoms with Crippen LogP contribution in [0.15, 0.2) is 0 Å². The summed E-state index contributed by atoms with van der Waals surface area (Å²) in [6.45, 7) is 5.17. The van der Waals surface area contributed by atoms with Crippen LogP contribution in [0.5, 0.6) is 0 Å². The van der Waals surface area contributed by atoms with Crippen molar-refractivity contribution in [3.63, 3.8) is 0 Å². The summed E-state index contributed by atoms with van der Waals surface area (Å²) in [7, 11) is 0. The second-order valence-electron chi connectivity index (χ2n) is 3.75. The Morgan fingerprint density at radius 1 is 1.44 bits per heavy atom. The smallest absolute Gasteiger partial charge is 0.333 e. The van der Waals surface area contributed by atoms with Gasteiger partial charge in [-0.2, -0.15) is 0 Å². The van der Waals surface area contributed by atoms with Crippen molar-refractivity contribution in [2.24, 2.45) is 5.92 Å². The molecule has 6 heteroatoms. The van der Waals surface area contributed by atoms with Crippen molar-refractivity contribution in [2.75, 3.05) is 0 Å². The maximum absolute atomic E-state index is 11.3. The minimum atomic E-state index is -1.34. The molecule has 0 saturated carbocycles. The van der Waals surface area contributed by atoms with E-state index in [2.05, 4.69) is 4.84 Å². The third-order valence-corrected chi connectivity index (χ3v) is 1.76. The Hall–Kier alpha value is -1.43. The standard InChI is InChI=1S/C10H17NO5/c1-4-8(13)10(15)11(6-12)16-9(14)5-7(2)3/h6-8,13H,4-5H2,1-3H3. The van der Waals surface area contributed by atoms with Gasteiger partial charge in [0.1, 0.15) is 6.10 Å². The Bertz CT molecular complexity index is 264. The number of imide groups is 1. The number of aliphatic hydroxyl groups is 1. The molecule has 0 aromatic heterocycles. The van der Waals surface area contributed by atoms with Gasteiger partial charge in [0.2, 0.25) is 0 Å². The largest absolute Gasteiger partial charge is 0.383 e. The molecule has 0 saturated heterocycles. The highest BCUT2D eigenvalue weighted by Gasteiger charge is 2.24. The molecular weight excluding hydrogens is 214 g/mol. The molecule has 1 atom stereocenters. The molecule has 0 aliphatic carbocycles. The van der Waals surface area contributed by atoms with Crippen molar-refractivity contribution in [2.45, 2.75) is 39.7 Å². The SMILES string of the molecule is CCC(O)C(=O)N(C=O)OC(=O)CC(C)C. The third-order valence-electron chi connectivity index (χ3n) is 1.76. The molecule has 0 aliphatic heterocycles. The van der Waals surface area contributed by atoms with E-state index in [-0.39, 0.29) is 30.2 Å². The summed E-state index contributed by atoms with van der Waals surface area (Å²) in [5.74, 6) is -1.56. The quantitative estimate of drug-likeness (QED) is 0.541. The summed E-state index contributed by atoms with van der Waals surface area (Å²) < 4.78 is 0. The van der Waals surface area contributed by atoms with Crippen LogP contribution in [-0.2, 0) is 19.2 Å². The number of carbonyl (C=O) groups excluding carboxylic acids is 3. The Morgan fingerprint density at radius 3 is 2.38 bits per heavy atom. The van der Waals surface area contributed by atoms with E-state index in [1.807, 2.05) is 0 Å². The van der Waals surface area contributed by atoms with Gasteiger partial charge in [-0.1, -0.05) is 20.8 Å². The van der Waals surface area contributed by atoms with Crippen molar-refractivity contribution >= 4 is 18.3 Å². The minimum Gasteiger partial charge on any atom is -0.383 e. The second-order valence-corrected chi connectivity index (χ2v) is 3.75. The van der Waals surface area contributed by atoms with Gasteiger partial charge in [-0.15, -0.1) is 5.06 Å². The first kappa shape index (κ1) is 14.6. The highest BCUT2D eigenvalue weighted by Crippen LogP contribution is 2.04. The van der Waals surface area contributed by atoms with Crippen LogP contribution >= 0.6 is 0 Å². The molecule has 16 heavy (non-hydrogen) atoms. The van der Waals surface area contributed by atoms with Crippen molar-refractivity contribution in [3.05, 3.63) is 0 Å². The van der Waals surface area contributed by atoms with E-state index >= 15 is 0 Å². The number of carbonyl (C=O) groups is 3. The molecule has 0 aromatic rings. The van der Waals surface area contributed by atoms with E-state index in [9.17, 15) is 19.5 Å². The van der Waals surface area contributed by atoms with Gasteiger partial charge in [-0.3, -0.25) is 9.59 Å². The molecular formula is C10H17NO5. The predicted molar refractivity (Wildman–Crippen MR) is 54.8 cm³/mol. The van der Waals surface area contributed by atoms with Gasteiger partial charge in [0, 0.05) is 0 Å². The van der Waals surface area contributed by atoms with Crippen LogP contribution < -0.4 is 0 Å². The lowest BCUT2D eigenvalue weighted by atomic mass is 10.1. The second kappa shape index (κ2) is 6.95. The lowest BCUT2D eigenvalue weighted by Crippen LogP contribution is -2.39. The molecule has 0 rings (SSSR count). The van der Waals surface area contributed by atoms with E-state index in [0.29, 0.717) is 0 Å².